The van der Waals surface area contributed by atoms with Gasteiger partial charge in [0.1, 0.15) is 18.1 Å². The quantitative estimate of drug-likeness (QED) is 0.171. The van der Waals surface area contributed by atoms with Crippen molar-refractivity contribution in [3.8, 4) is 22.8 Å². The Morgan fingerprint density at radius 1 is 0.944 bits per heavy atom. The second-order valence-corrected chi connectivity index (χ2v) is 9.29. The van der Waals surface area contributed by atoms with Crippen LogP contribution < -0.4 is 14.8 Å². The minimum atomic E-state index is -0.227. The third kappa shape index (κ3) is 7.55. The number of aryl methyl sites for hydroxylation is 1. The van der Waals surface area contributed by atoms with Crippen molar-refractivity contribution >= 4 is 28.5 Å². The lowest BCUT2D eigenvalue weighted by Gasteiger charge is -2.07. The molecule has 0 aliphatic carbocycles. The third-order valence-electron chi connectivity index (χ3n) is 5.48. The van der Waals surface area contributed by atoms with Gasteiger partial charge in [-0.1, -0.05) is 55.3 Å². The average Bonchev–Trinajstić information content (AvgIpc) is 3.37. The molecule has 36 heavy (non-hydrogen) atoms. The van der Waals surface area contributed by atoms with Crippen molar-refractivity contribution in [2.75, 3.05) is 11.9 Å². The lowest BCUT2D eigenvalue weighted by atomic mass is 10.1. The van der Waals surface area contributed by atoms with Gasteiger partial charge in [-0.15, -0.1) is 11.3 Å². The van der Waals surface area contributed by atoms with E-state index in [-0.39, 0.29) is 5.91 Å². The predicted molar refractivity (Wildman–Crippen MR) is 148 cm³/mol. The molecule has 0 bridgehead atoms. The number of benzene rings is 3. The minimum absolute atomic E-state index is 0.227. The molecule has 1 aromatic heterocycles. The van der Waals surface area contributed by atoms with Crippen LogP contribution in [0.3, 0.4) is 0 Å². The van der Waals surface area contributed by atoms with Crippen LogP contribution in [-0.2, 0) is 11.4 Å². The number of aromatic nitrogens is 1. The summed E-state index contributed by atoms with van der Waals surface area (Å²) in [4.78, 5) is 16.9. The SMILES string of the molecule is CCCCOc1ccc(-c2csc(NC(=O)/C=C/c3ccc(OCc4ccc(C)cc4)cc3)n2)cc1. The Kier molecular flexibility index (Phi) is 8.89. The van der Waals surface area contributed by atoms with E-state index in [0.717, 1.165) is 53.3 Å². The highest BCUT2D eigenvalue weighted by Crippen LogP contribution is 2.26. The topological polar surface area (TPSA) is 60.5 Å². The summed E-state index contributed by atoms with van der Waals surface area (Å²) in [5, 5.41) is 5.32. The van der Waals surface area contributed by atoms with Gasteiger partial charge in [0, 0.05) is 17.0 Å². The van der Waals surface area contributed by atoms with Crippen molar-refractivity contribution < 1.29 is 14.3 Å². The van der Waals surface area contributed by atoms with E-state index in [1.165, 1.54) is 23.0 Å². The Bertz CT molecular complexity index is 1280. The number of ether oxygens (including phenoxy) is 2. The van der Waals surface area contributed by atoms with Gasteiger partial charge in [-0.05, 0) is 66.9 Å². The van der Waals surface area contributed by atoms with Crippen LogP contribution in [0.5, 0.6) is 11.5 Å². The van der Waals surface area contributed by atoms with Crippen LogP contribution in [0.25, 0.3) is 17.3 Å². The van der Waals surface area contributed by atoms with Crippen LogP contribution in [0.15, 0.2) is 84.3 Å². The first-order valence-electron chi connectivity index (χ1n) is 12.1. The molecule has 1 N–H and O–H groups in total. The fraction of sp³-hybridized carbons (Fsp3) is 0.200. The molecule has 0 radical (unpaired) electrons. The van der Waals surface area contributed by atoms with Crippen molar-refractivity contribution in [1.82, 2.24) is 4.98 Å². The van der Waals surface area contributed by atoms with E-state index < -0.39 is 0 Å². The molecule has 4 aromatic rings. The molecular weight excluding hydrogens is 468 g/mol. The standard InChI is InChI=1S/C30H30N2O3S/c1-3-4-19-34-26-16-12-25(13-17-26)28-21-36-30(31-28)32-29(33)18-11-23-9-14-27(15-10-23)35-20-24-7-5-22(2)6-8-24/h5-18,21H,3-4,19-20H2,1-2H3,(H,31,32,33)/b18-11+. The lowest BCUT2D eigenvalue weighted by Crippen LogP contribution is -2.07. The summed E-state index contributed by atoms with van der Waals surface area (Å²) in [5.74, 6) is 1.41. The summed E-state index contributed by atoms with van der Waals surface area (Å²) in [6.45, 7) is 5.45. The maximum atomic E-state index is 12.4. The van der Waals surface area contributed by atoms with E-state index >= 15 is 0 Å². The van der Waals surface area contributed by atoms with Crippen molar-refractivity contribution in [3.63, 3.8) is 0 Å². The third-order valence-corrected chi connectivity index (χ3v) is 6.24. The Morgan fingerprint density at radius 2 is 1.64 bits per heavy atom. The normalized spacial score (nSPS) is 10.9. The molecule has 3 aromatic carbocycles. The van der Waals surface area contributed by atoms with Gasteiger partial charge in [-0.25, -0.2) is 4.98 Å². The highest BCUT2D eigenvalue weighted by atomic mass is 32.1. The zero-order valence-corrected chi connectivity index (χ0v) is 21.4. The van der Waals surface area contributed by atoms with Gasteiger partial charge in [0.05, 0.1) is 12.3 Å². The molecule has 6 heteroatoms. The molecule has 5 nitrogen and oxygen atoms in total. The van der Waals surface area contributed by atoms with Crippen LogP contribution in [-0.4, -0.2) is 17.5 Å². The number of hydrogen-bond donors (Lipinski definition) is 1. The number of rotatable bonds is 11. The number of thiazole rings is 1. The molecule has 0 aliphatic rings. The van der Waals surface area contributed by atoms with Crippen LogP contribution in [0.4, 0.5) is 5.13 Å². The first-order chi connectivity index (χ1) is 17.6. The fourth-order valence-electron chi connectivity index (χ4n) is 3.37. The zero-order valence-electron chi connectivity index (χ0n) is 20.6. The van der Waals surface area contributed by atoms with Crippen LogP contribution in [0.1, 0.15) is 36.5 Å². The Labute approximate surface area is 216 Å². The number of anilines is 1. The van der Waals surface area contributed by atoms with E-state index in [1.807, 2.05) is 53.9 Å². The average molecular weight is 499 g/mol. The van der Waals surface area contributed by atoms with Gasteiger partial charge in [0.15, 0.2) is 5.13 Å². The van der Waals surface area contributed by atoms with Crippen molar-refractivity contribution in [2.45, 2.75) is 33.3 Å². The molecular formula is C30H30N2O3S. The highest BCUT2D eigenvalue weighted by molar-refractivity contribution is 7.14. The van der Waals surface area contributed by atoms with Crippen LogP contribution >= 0.6 is 11.3 Å². The zero-order chi connectivity index (χ0) is 25.2. The summed E-state index contributed by atoms with van der Waals surface area (Å²) in [6.07, 6.45) is 5.42. The molecule has 0 unspecified atom stereocenters. The molecule has 1 heterocycles. The summed E-state index contributed by atoms with van der Waals surface area (Å²) in [6, 6.07) is 23.8. The van der Waals surface area contributed by atoms with Gasteiger partial charge in [0.25, 0.3) is 0 Å². The molecule has 0 fully saturated rings. The molecule has 1 amide bonds. The second-order valence-electron chi connectivity index (χ2n) is 8.43. The number of amides is 1. The first-order valence-corrected chi connectivity index (χ1v) is 12.9. The maximum absolute atomic E-state index is 12.4. The van der Waals surface area contributed by atoms with Crippen molar-refractivity contribution in [1.29, 1.82) is 0 Å². The Hall–Kier alpha value is -3.90. The molecule has 4 rings (SSSR count). The van der Waals surface area contributed by atoms with Gasteiger partial charge in [-0.2, -0.15) is 0 Å². The summed E-state index contributed by atoms with van der Waals surface area (Å²) in [7, 11) is 0. The summed E-state index contributed by atoms with van der Waals surface area (Å²) < 4.78 is 11.6. The molecule has 0 aliphatic heterocycles. The summed E-state index contributed by atoms with van der Waals surface area (Å²) in [5.41, 5.74) is 5.07. The van der Waals surface area contributed by atoms with Crippen molar-refractivity contribution in [2.24, 2.45) is 0 Å². The number of unbranched alkanes of at least 4 members (excludes halogenated alkanes) is 1. The summed E-state index contributed by atoms with van der Waals surface area (Å²) >= 11 is 1.40. The predicted octanol–water partition coefficient (Wildman–Crippen LogP) is 7.53. The molecule has 0 saturated heterocycles. The van der Waals surface area contributed by atoms with Gasteiger partial charge in [0.2, 0.25) is 5.91 Å². The molecule has 184 valence electrons. The lowest BCUT2D eigenvalue weighted by molar-refractivity contribution is -0.111. The monoisotopic (exact) mass is 498 g/mol. The van der Waals surface area contributed by atoms with Gasteiger partial charge in [-0.3, -0.25) is 10.1 Å². The Balaban J connectivity index is 1.26. The smallest absolute Gasteiger partial charge is 0.250 e. The number of nitrogens with zero attached hydrogens (tertiary/aromatic N) is 1. The van der Waals surface area contributed by atoms with Crippen LogP contribution in [0.2, 0.25) is 0 Å². The first kappa shape index (κ1) is 25.2. The van der Waals surface area contributed by atoms with E-state index in [2.05, 4.69) is 48.4 Å². The Morgan fingerprint density at radius 3 is 2.36 bits per heavy atom. The molecule has 0 atom stereocenters. The van der Waals surface area contributed by atoms with Crippen molar-refractivity contribution in [3.05, 3.63) is 101 Å². The maximum Gasteiger partial charge on any atom is 0.250 e. The van der Waals surface area contributed by atoms with Gasteiger partial charge < -0.3 is 9.47 Å². The molecule has 0 spiro atoms. The highest BCUT2D eigenvalue weighted by Gasteiger charge is 2.07. The number of hydrogen-bond acceptors (Lipinski definition) is 5. The second kappa shape index (κ2) is 12.7. The number of carbonyl (C=O) groups is 1. The largest absolute Gasteiger partial charge is 0.494 e. The van der Waals surface area contributed by atoms with E-state index in [0.29, 0.717) is 11.7 Å². The van der Waals surface area contributed by atoms with Crippen LogP contribution in [0, 0.1) is 6.92 Å². The van der Waals surface area contributed by atoms with E-state index in [4.69, 9.17) is 9.47 Å². The minimum Gasteiger partial charge on any atom is -0.494 e. The fourth-order valence-corrected chi connectivity index (χ4v) is 4.09. The number of nitrogens with one attached hydrogen (secondary N) is 1. The number of carbonyl (C=O) groups excluding carboxylic acids is 1. The van der Waals surface area contributed by atoms with E-state index in [9.17, 15) is 4.79 Å². The van der Waals surface area contributed by atoms with E-state index in [1.54, 1.807) is 6.08 Å². The molecule has 0 saturated carbocycles. The van der Waals surface area contributed by atoms with Gasteiger partial charge >= 0.3 is 0 Å².